The fourth-order valence-electron chi connectivity index (χ4n) is 0.157. The Bertz CT molecular complexity index is 60.0. The monoisotopic (exact) mass is 177 g/mol. The molecule has 0 spiro atoms. The minimum atomic E-state index is -1.73. The Kier molecular flexibility index (Phi) is 4.12. The van der Waals surface area contributed by atoms with Crippen LogP contribution in [0, 0.1) is 0 Å². The molecule has 0 aromatic carbocycles. The molecule has 0 saturated heterocycles. The van der Waals surface area contributed by atoms with Crippen molar-refractivity contribution in [3.63, 3.8) is 0 Å². The first-order chi connectivity index (χ1) is 3.56. The largest absolute Gasteiger partial charge is 0.332 e. The molecular formula is C3H4Cl3O2. The summed E-state index contributed by atoms with van der Waals surface area (Å²) in [6.45, 7) is -0.468. The normalized spacial score (nSPS) is 12.0. The maximum absolute atomic E-state index is 9.68. The van der Waals surface area contributed by atoms with Crippen LogP contribution in [0.1, 0.15) is 0 Å². The van der Waals surface area contributed by atoms with E-state index in [4.69, 9.17) is 34.8 Å². The Morgan fingerprint density at radius 3 is 2.00 bits per heavy atom. The third-order valence-corrected chi connectivity index (χ3v) is 0.676. The standard InChI is InChI=1S/C3H4Cl3O2/c4-3(5,6)8-2-1-7/h1-2H2. The molecule has 0 amide bonds. The van der Waals surface area contributed by atoms with Gasteiger partial charge in [-0.2, -0.15) is 0 Å². The maximum Gasteiger partial charge on any atom is 0.297 e. The minimum Gasteiger partial charge on any atom is -0.332 e. The van der Waals surface area contributed by atoms with E-state index in [-0.39, 0.29) is 6.61 Å². The third kappa shape index (κ3) is 6.79. The predicted molar refractivity (Wildman–Crippen MR) is 31.8 cm³/mol. The summed E-state index contributed by atoms with van der Waals surface area (Å²) in [5, 5.41) is 9.68. The third-order valence-electron chi connectivity index (χ3n) is 0.349. The molecule has 0 atom stereocenters. The van der Waals surface area contributed by atoms with E-state index < -0.39 is 10.6 Å². The van der Waals surface area contributed by atoms with Crippen LogP contribution in [0.4, 0.5) is 0 Å². The van der Waals surface area contributed by atoms with Crippen molar-refractivity contribution in [2.24, 2.45) is 0 Å². The van der Waals surface area contributed by atoms with Crippen molar-refractivity contribution in [1.29, 1.82) is 0 Å². The summed E-state index contributed by atoms with van der Waals surface area (Å²) in [5.41, 5.74) is 0. The molecule has 0 fully saturated rings. The van der Waals surface area contributed by atoms with Crippen molar-refractivity contribution in [3.05, 3.63) is 0 Å². The van der Waals surface area contributed by atoms with E-state index in [2.05, 4.69) is 4.74 Å². The Hall–Kier alpha value is 0.790. The zero-order valence-corrected chi connectivity index (χ0v) is 6.13. The van der Waals surface area contributed by atoms with Crippen molar-refractivity contribution < 1.29 is 9.84 Å². The van der Waals surface area contributed by atoms with Gasteiger partial charge in [-0.3, -0.25) is 0 Å². The van der Waals surface area contributed by atoms with Crippen molar-refractivity contribution >= 4 is 34.8 Å². The average molecular weight is 178 g/mol. The first kappa shape index (κ1) is 8.79. The van der Waals surface area contributed by atoms with Crippen molar-refractivity contribution in [1.82, 2.24) is 0 Å². The molecule has 49 valence electrons. The topological polar surface area (TPSA) is 29.1 Å². The second-order valence-corrected chi connectivity index (χ2v) is 3.18. The minimum absolute atomic E-state index is 0.0729. The van der Waals surface area contributed by atoms with Crippen LogP contribution in [0.15, 0.2) is 0 Å². The van der Waals surface area contributed by atoms with Crippen LogP contribution in [0.2, 0.25) is 0 Å². The molecule has 0 aromatic rings. The molecule has 0 N–H and O–H groups in total. The molecule has 0 saturated carbocycles. The van der Waals surface area contributed by atoms with Crippen LogP contribution < -0.4 is 0 Å². The van der Waals surface area contributed by atoms with Gasteiger partial charge in [-0.05, 0) is 0 Å². The van der Waals surface area contributed by atoms with Crippen LogP contribution in [0.3, 0.4) is 0 Å². The Labute approximate surface area is 62.3 Å². The second kappa shape index (κ2) is 3.75. The lowest BCUT2D eigenvalue weighted by Gasteiger charge is -2.08. The van der Waals surface area contributed by atoms with E-state index >= 15 is 0 Å². The van der Waals surface area contributed by atoms with Crippen LogP contribution in [-0.4, -0.2) is 17.2 Å². The van der Waals surface area contributed by atoms with Gasteiger partial charge in [0.25, 0.3) is 3.98 Å². The SMILES string of the molecule is [O]CCOC(Cl)(Cl)Cl. The smallest absolute Gasteiger partial charge is 0.297 e. The van der Waals surface area contributed by atoms with Crippen LogP contribution in [0.25, 0.3) is 0 Å². The van der Waals surface area contributed by atoms with Crippen LogP contribution in [-0.2, 0) is 9.84 Å². The molecule has 0 rings (SSSR count). The Balaban J connectivity index is 3.11. The Morgan fingerprint density at radius 2 is 1.88 bits per heavy atom. The average Bonchev–Trinajstić information content (AvgIpc) is 1.59. The number of rotatable bonds is 2. The van der Waals surface area contributed by atoms with E-state index in [1.807, 2.05) is 0 Å². The summed E-state index contributed by atoms with van der Waals surface area (Å²) in [7, 11) is 0. The predicted octanol–water partition coefficient (Wildman–Crippen LogP) is 1.76. The lowest BCUT2D eigenvalue weighted by molar-refractivity contribution is 0.0602. The van der Waals surface area contributed by atoms with Gasteiger partial charge in [0.05, 0.1) is 6.61 Å². The highest BCUT2D eigenvalue weighted by atomic mass is 35.6. The van der Waals surface area contributed by atoms with Gasteiger partial charge in [-0.25, -0.2) is 5.11 Å². The van der Waals surface area contributed by atoms with Crippen molar-refractivity contribution in [3.8, 4) is 0 Å². The summed E-state index contributed by atoms with van der Waals surface area (Å²) < 4.78 is 2.63. The lowest BCUT2D eigenvalue weighted by Crippen LogP contribution is -2.11. The van der Waals surface area contributed by atoms with Crippen LogP contribution in [0.5, 0.6) is 0 Å². The zero-order chi connectivity index (χ0) is 6.62. The highest BCUT2D eigenvalue weighted by molar-refractivity contribution is 6.66. The van der Waals surface area contributed by atoms with Crippen molar-refractivity contribution in [2.75, 3.05) is 13.2 Å². The lowest BCUT2D eigenvalue weighted by atomic mass is 10.8. The summed E-state index contributed by atoms with van der Waals surface area (Å²) in [6, 6.07) is 0. The number of hydrogen-bond acceptors (Lipinski definition) is 1. The molecule has 5 heteroatoms. The Morgan fingerprint density at radius 1 is 1.38 bits per heavy atom. The highest BCUT2D eigenvalue weighted by Gasteiger charge is 2.18. The molecule has 0 aliphatic rings. The van der Waals surface area contributed by atoms with Gasteiger partial charge in [0.15, 0.2) is 0 Å². The van der Waals surface area contributed by atoms with Gasteiger partial charge in [-0.15, -0.1) is 0 Å². The molecule has 0 aliphatic carbocycles. The molecule has 2 nitrogen and oxygen atoms in total. The van der Waals surface area contributed by atoms with Gasteiger partial charge >= 0.3 is 0 Å². The molecule has 1 radical (unpaired) electrons. The van der Waals surface area contributed by atoms with E-state index in [0.29, 0.717) is 0 Å². The molecule has 0 aromatic heterocycles. The quantitative estimate of drug-likeness (QED) is 0.593. The number of halogens is 3. The molecule has 0 aliphatic heterocycles. The van der Waals surface area contributed by atoms with Gasteiger partial charge < -0.3 is 4.74 Å². The van der Waals surface area contributed by atoms with E-state index in [9.17, 15) is 5.11 Å². The number of hydrogen-bond donors (Lipinski definition) is 0. The molecular weight excluding hydrogens is 174 g/mol. The van der Waals surface area contributed by atoms with Crippen molar-refractivity contribution in [2.45, 2.75) is 3.98 Å². The first-order valence-corrected chi connectivity index (χ1v) is 2.98. The molecule has 0 heterocycles. The fraction of sp³-hybridized carbons (Fsp3) is 1.00. The van der Waals surface area contributed by atoms with E-state index in [1.54, 1.807) is 0 Å². The van der Waals surface area contributed by atoms with Gasteiger partial charge in [0.2, 0.25) is 0 Å². The van der Waals surface area contributed by atoms with E-state index in [1.165, 1.54) is 0 Å². The summed E-state index contributed by atoms with van der Waals surface area (Å²) in [4.78, 5) is 0. The molecule has 0 bridgehead atoms. The van der Waals surface area contributed by atoms with Gasteiger partial charge in [0, 0.05) is 0 Å². The summed E-state index contributed by atoms with van der Waals surface area (Å²) in [6.07, 6.45) is 0. The summed E-state index contributed by atoms with van der Waals surface area (Å²) in [5.74, 6) is 0. The van der Waals surface area contributed by atoms with Gasteiger partial charge in [-0.1, -0.05) is 34.8 Å². The van der Waals surface area contributed by atoms with Gasteiger partial charge in [0.1, 0.15) is 6.61 Å². The number of ether oxygens (including phenoxy) is 1. The fourth-order valence-corrected chi connectivity index (χ4v) is 0.389. The zero-order valence-electron chi connectivity index (χ0n) is 3.86. The van der Waals surface area contributed by atoms with E-state index in [0.717, 1.165) is 0 Å². The highest BCUT2D eigenvalue weighted by Crippen LogP contribution is 2.26. The maximum atomic E-state index is 9.68. The molecule has 0 unspecified atom stereocenters. The van der Waals surface area contributed by atoms with Crippen LogP contribution >= 0.6 is 34.8 Å². The second-order valence-electron chi connectivity index (χ2n) is 0.998. The number of alkyl halides is 3. The summed E-state index contributed by atoms with van der Waals surface area (Å²) >= 11 is 15.2. The first-order valence-electron chi connectivity index (χ1n) is 1.85. The molecule has 8 heavy (non-hydrogen) atoms.